The molecule has 2 N–H and O–H groups in total. The van der Waals surface area contributed by atoms with E-state index in [9.17, 15) is 22.4 Å². The maximum absolute atomic E-state index is 13.0. The molecule has 23 heavy (non-hydrogen) atoms. The fraction of sp³-hybridized carbons (Fsp3) is 0.214. The van der Waals surface area contributed by atoms with Crippen LogP contribution in [-0.2, 0) is 19.3 Å². The lowest BCUT2D eigenvalue weighted by Gasteiger charge is -2.14. The fourth-order valence-corrected chi connectivity index (χ4v) is 3.24. The zero-order valence-corrected chi connectivity index (χ0v) is 13.9. The predicted molar refractivity (Wildman–Crippen MR) is 82.5 cm³/mol. The molecule has 1 aromatic carbocycles. The van der Waals surface area contributed by atoms with Crippen LogP contribution in [0.4, 0.5) is 22.4 Å². The minimum Gasteiger partial charge on any atom is -0.334 e. The molecule has 0 unspecified atom stereocenters. The maximum Gasteiger partial charge on any atom is 0.416 e. The van der Waals surface area contributed by atoms with Crippen LogP contribution < -0.4 is 10.6 Å². The largest absolute Gasteiger partial charge is 0.416 e. The Morgan fingerprint density at radius 2 is 1.83 bits per heavy atom. The Morgan fingerprint density at radius 1 is 1.13 bits per heavy atom. The second kappa shape index (κ2) is 7.31. The summed E-state index contributed by atoms with van der Waals surface area (Å²) >= 11 is 4.72. The summed E-state index contributed by atoms with van der Waals surface area (Å²) in [6.07, 6.45) is -4.68. The van der Waals surface area contributed by atoms with Crippen molar-refractivity contribution < 1.29 is 22.4 Å². The van der Waals surface area contributed by atoms with E-state index < -0.39 is 23.6 Å². The average Bonchev–Trinajstić information content (AvgIpc) is 2.88. The molecule has 0 saturated heterocycles. The van der Waals surface area contributed by atoms with E-state index in [1.807, 2.05) is 12.1 Å². The van der Waals surface area contributed by atoms with E-state index in [1.54, 1.807) is 0 Å². The van der Waals surface area contributed by atoms with Gasteiger partial charge in [-0.3, -0.25) is 0 Å². The van der Waals surface area contributed by atoms with Crippen molar-refractivity contribution in [2.24, 2.45) is 0 Å². The molecular formula is C14H11BrF4N2OS. The van der Waals surface area contributed by atoms with E-state index in [2.05, 4.69) is 26.6 Å². The number of urea groups is 1. The summed E-state index contributed by atoms with van der Waals surface area (Å²) in [6, 6.07) is 5.39. The number of thiophene rings is 1. The molecule has 0 atom stereocenters. The number of carbonyl (C=O) groups is 1. The molecule has 0 bridgehead atoms. The molecule has 9 heteroatoms. The van der Waals surface area contributed by atoms with Crippen molar-refractivity contribution in [2.45, 2.75) is 19.3 Å². The van der Waals surface area contributed by atoms with Gasteiger partial charge in [0.15, 0.2) is 0 Å². The number of hydrogen-bond acceptors (Lipinski definition) is 2. The van der Waals surface area contributed by atoms with Crippen LogP contribution in [0.2, 0.25) is 0 Å². The van der Waals surface area contributed by atoms with Crippen LogP contribution >= 0.6 is 27.3 Å². The Kier molecular flexibility index (Phi) is 5.64. The molecule has 2 rings (SSSR count). The molecule has 124 valence electrons. The number of halogens is 5. The number of carbonyl (C=O) groups excluding carboxylic acids is 1. The van der Waals surface area contributed by atoms with Crippen LogP contribution in [-0.4, -0.2) is 6.03 Å². The van der Waals surface area contributed by atoms with E-state index in [0.717, 1.165) is 20.8 Å². The van der Waals surface area contributed by atoms with Gasteiger partial charge in [0.2, 0.25) is 0 Å². The van der Waals surface area contributed by atoms with Crippen LogP contribution in [0.5, 0.6) is 0 Å². The Balaban J connectivity index is 1.94. The van der Waals surface area contributed by atoms with Crippen LogP contribution in [0, 0.1) is 5.82 Å². The first-order valence-electron chi connectivity index (χ1n) is 6.37. The first-order valence-corrected chi connectivity index (χ1v) is 7.98. The smallest absolute Gasteiger partial charge is 0.334 e. The summed E-state index contributed by atoms with van der Waals surface area (Å²) in [5.74, 6) is -0.978. The summed E-state index contributed by atoms with van der Waals surface area (Å²) in [7, 11) is 0. The summed E-state index contributed by atoms with van der Waals surface area (Å²) in [5, 5.41) is 4.86. The van der Waals surface area contributed by atoms with Gasteiger partial charge in [-0.15, -0.1) is 11.3 Å². The summed E-state index contributed by atoms with van der Waals surface area (Å²) in [4.78, 5) is 12.5. The predicted octanol–water partition coefficient (Wildman–Crippen LogP) is 4.67. The van der Waals surface area contributed by atoms with Crippen molar-refractivity contribution in [2.75, 3.05) is 0 Å². The van der Waals surface area contributed by atoms with Gasteiger partial charge in [-0.2, -0.15) is 13.2 Å². The van der Waals surface area contributed by atoms with Gasteiger partial charge >= 0.3 is 12.2 Å². The molecule has 3 nitrogen and oxygen atoms in total. The van der Waals surface area contributed by atoms with Gasteiger partial charge in [0.1, 0.15) is 5.82 Å². The van der Waals surface area contributed by atoms with Crippen molar-refractivity contribution >= 4 is 33.3 Å². The molecule has 0 spiro atoms. The summed E-state index contributed by atoms with van der Waals surface area (Å²) < 4.78 is 52.4. The van der Waals surface area contributed by atoms with Crippen molar-refractivity contribution in [1.29, 1.82) is 0 Å². The number of rotatable bonds is 4. The highest BCUT2D eigenvalue weighted by atomic mass is 79.9. The maximum atomic E-state index is 13.0. The standard InChI is InChI=1S/C14H11BrF4N2OS/c15-12-4-3-10(23-12)7-21-13(22)20-6-8-1-2-9(16)5-11(8)14(17,18)19/h1-5H,6-7H2,(H2,20,21,22). The molecule has 0 aliphatic rings. The van der Waals surface area contributed by atoms with E-state index in [1.165, 1.54) is 11.3 Å². The third-order valence-corrected chi connectivity index (χ3v) is 4.49. The number of alkyl halides is 3. The molecule has 0 saturated carbocycles. The van der Waals surface area contributed by atoms with E-state index in [0.29, 0.717) is 6.07 Å². The highest BCUT2D eigenvalue weighted by Crippen LogP contribution is 2.32. The Hall–Kier alpha value is -1.61. The third kappa shape index (κ3) is 5.21. The van der Waals surface area contributed by atoms with Crippen LogP contribution in [0.1, 0.15) is 16.0 Å². The molecule has 1 heterocycles. The second-order valence-electron chi connectivity index (χ2n) is 4.54. The second-order valence-corrected chi connectivity index (χ2v) is 7.09. The first-order chi connectivity index (χ1) is 10.8. The average molecular weight is 411 g/mol. The quantitative estimate of drug-likeness (QED) is 0.706. The van der Waals surface area contributed by atoms with Gasteiger partial charge < -0.3 is 10.6 Å². The van der Waals surface area contributed by atoms with Crippen LogP contribution in [0.3, 0.4) is 0 Å². The van der Waals surface area contributed by atoms with Crippen molar-refractivity contribution in [3.63, 3.8) is 0 Å². The Labute approximate surface area is 141 Å². The van der Waals surface area contributed by atoms with Crippen LogP contribution in [0.25, 0.3) is 0 Å². The van der Waals surface area contributed by atoms with Gasteiger partial charge in [-0.25, -0.2) is 9.18 Å². The highest BCUT2D eigenvalue weighted by molar-refractivity contribution is 9.11. The molecule has 2 amide bonds. The van der Waals surface area contributed by atoms with Crippen molar-refractivity contribution in [1.82, 2.24) is 10.6 Å². The molecular weight excluding hydrogens is 400 g/mol. The molecule has 2 aromatic rings. The van der Waals surface area contributed by atoms with Crippen molar-refractivity contribution in [3.05, 3.63) is 55.9 Å². The minimum atomic E-state index is -4.68. The normalized spacial score (nSPS) is 11.3. The number of nitrogens with one attached hydrogen (secondary N) is 2. The zero-order chi connectivity index (χ0) is 17.0. The van der Waals surface area contributed by atoms with E-state index >= 15 is 0 Å². The third-order valence-electron chi connectivity index (χ3n) is 2.87. The number of hydrogen-bond donors (Lipinski definition) is 2. The molecule has 0 fully saturated rings. The van der Waals surface area contributed by atoms with Gasteiger partial charge in [-0.1, -0.05) is 6.07 Å². The SMILES string of the molecule is O=C(NCc1ccc(Br)s1)NCc1ccc(F)cc1C(F)(F)F. The molecule has 0 aliphatic heterocycles. The molecule has 1 aromatic heterocycles. The van der Waals surface area contributed by atoms with Crippen molar-refractivity contribution in [3.8, 4) is 0 Å². The monoisotopic (exact) mass is 410 g/mol. The lowest BCUT2D eigenvalue weighted by atomic mass is 10.1. The lowest BCUT2D eigenvalue weighted by Crippen LogP contribution is -2.34. The van der Waals surface area contributed by atoms with E-state index in [4.69, 9.17) is 0 Å². The Bertz CT molecular complexity index is 702. The lowest BCUT2D eigenvalue weighted by molar-refractivity contribution is -0.138. The van der Waals surface area contributed by atoms with Gasteiger partial charge in [0.05, 0.1) is 15.9 Å². The first kappa shape index (κ1) is 17.7. The fourth-order valence-electron chi connectivity index (χ4n) is 1.82. The van der Waals surface area contributed by atoms with Gasteiger partial charge in [0.25, 0.3) is 0 Å². The minimum absolute atomic E-state index is 0.201. The number of benzene rings is 1. The summed E-state index contributed by atoms with van der Waals surface area (Å²) in [6.45, 7) is -0.0905. The van der Waals surface area contributed by atoms with Gasteiger partial charge in [-0.05, 0) is 45.8 Å². The topological polar surface area (TPSA) is 41.1 Å². The van der Waals surface area contributed by atoms with Crippen LogP contribution in [0.15, 0.2) is 34.1 Å². The highest BCUT2D eigenvalue weighted by Gasteiger charge is 2.33. The van der Waals surface area contributed by atoms with Gasteiger partial charge in [0, 0.05) is 11.4 Å². The Morgan fingerprint density at radius 3 is 2.43 bits per heavy atom. The van der Waals surface area contributed by atoms with E-state index in [-0.39, 0.29) is 18.7 Å². The molecule has 0 aliphatic carbocycles. The number of amides is 2. The summed E-state index contributed by atoms with van der Waals surface area (Å²) in [5.41, 5.74) is -1.30. The zero-order valence-electron chi connectivity index (χ0n) is 11.5. The molecule has 0 radical (unpaired) electrons.